The highest BCUT2D eigenvalue weighted by atomic mass is 32.1. The summed E-state index contributed by atoms with van der Waals surface area (Å²) >= 11 is 1.70. The van der Waals surface area contributed by atoms with Crippen LogP contribution in [0.1, 0.15) is 11.4 Å². The summed E-state index contributed by atoms with van der Waals surface area (Å²) < 4.78 is 0. The number of hydrogen-bond donors (Lipinski definition) is 0. The number of nitrogens with zero attached hydrogens (tertiary/aromatic N) is 5. The molecule has 0 saturated carbocycles. The van der Waals surface area contributed by atoms with Crippen LogP contribution in [0.3, 0.4) is 0 Å². The van der Waals surface area contributed by atoms with Crippen molar-refractivity contribution in [1.29, 1.82) is 5.26 Å². The van der Waals surface area contributed by atoms with Gasteiger partial charge in [0, 0.05) is 42.6 Å². The first-order valence-electron chi connectivity index (χ1n) is 7.96. The van der Waals surface area contributed by atoms with Crippen LogP contribution in [0.25, 0.3) is 10.9 Å². The molecule has 3 aromatic rings. The second-order valence-corrected chi connectivity index (χ2v) is 6.74. The predicted molar refractivity (Wildman–Crippen MR) is 97.7 cm³/mol. The van der Waals surface area contributed by atoms with Gasteiger partial charge in [-0.2, -0.15) is 5.26 Å². The summed E-state index contributed by atoms with van der Waals surface area (Å²) in [5.74, 6) is 0. The van der Waals surface area contributed by atoms with Gasteiger partial charge >= 0.3 is 0 Å². The number of nitriles is 1. The molecule has 0 amide bonds. The molecule has 1 saturated heterocycles. The zero-order chi connectivity index (χ0) is 16.5. The second-order valence-electron chi connectivity index (χ2n) is 5.90. The highest BCUT2D eigenvalue weighted by Gasteiger charge is 2.21. The highest BCUT2D eigenvalue weighted by Crippen LogP contribution is 2.29. The van der Waals surface area contributed by atoms with Gasteiger partial charge in [-0.1, -0.05) is 18.2 Å². The molecule has 0 radical (unpaired) electrons. The molecular weight excluding hydrogens is 318 g/mol. The van der Waals surface area contributed by atoms with Crippen molar-refractivity contribution in [3.8, 4) is 6.07 Å². The molecule has 0 unspecified atom stereocenters. The molecule has 24 heavy (non-hydrogen) atoms. The van der Waals surface area contributed by atoms with Crippen LogP contribution in [0.15, 0.2) is 35.7 Å². The molecule has 4 rings (SSSR count). The first-order chi connectivity index (χ1) is 11.7. The van der Waals surface area contributed by atoms with Gasteiger partial charge in [0.25, 0.3) is 0 Å². The van der Waals surface area contributed by atoms with E-state index in [1.165, 1.54) is 0 Å². The van der Waals surface area contributed by atoms with E-state index in [9.17, 15) is 5.26 Å². The summed E-state index contributed by atoms with van der Waals surface area (Å²) in [6.45, 7) is 5.73. The molecule has 1 aliphatic rings. The summed E-state index contributed by atoms with van der Waals surface area (Å²) in [5, 5.41) is 13.6. The SMILES string of the molecule is Cc1csc(N2CCN(c3cc(C#N)nc4ccccc34)CC2)n1. The van der Waals surface area contributed by atoms with E-state index in [1.807, 2.05) is 31.2 Å². The first-order valence-corrected chi connectivity index (χ1v) is 8.84. The van der Waals surface area contributed by atoms with Gasteiger partial charge in [-0.25, -0.2) is 9.97 Å². The Morgan fingerprint density at radius 2 is 1.83 bits per heavy atom. The molecule has 1 fully saturated rings. The molecule has 6 heteroatoms. The third-order valence-corrected chi connectivity index (χ3v) is 5.33. The summed E-state index contributed by atoms with van der Waals surface area (Å²) in [5.41, 5.74) is 3.54. The molecule has 5 nitrogen and oxygen atoms in total. The summed E-state index contributed by atoms with van der Waals surface area (Å²) in [7, 11) is 0. The van der Waals surface area contributed by atoms with Crippen molar-refractivity contribution in [2.75, 3.05) is 36.0 Å². The van der Waals surface area contributed by atoms with Crippen LogP contribution in [-0.2, 0) is 0 Å². The molecule has 0 N–H and O–H groups in total. The lowest BCUT2D eigenvalue weighted by Gasteiger charge is -2.36. The number of pyridine rings is 1. The van der Waals surface area contributed by atoms with Gasteiger partial charge in [-0.3, -0.25) is 0 Å². The maximum Gasteiger partial charge on any atom is 0.185 e. The maximum atomic E-state index is 9.27. The van der Waals surface area contributed by atoms with Gasteiger partial charge in [-0.05, 0) is 19.1 Å². The van der Waals surface area contributed by atoms with E-state index in [4.69, 9.17) is 0 Å². The van der Waals surface area contributed by atoms with Gasteiger partial charge in [0.1, 0.15) is 11.8 Å². The molecular formula is C18H17N5S. The Bertz CT molecular complexity index is 919. The highest BCUT2D eigenvalue weighted by molar-refractivity contribution is 7.13. The van der Waals surface area contributed by atoms with Crippen molar-refractivity contribution in [2.24, 2.45) is 0 Å². The maximum absolute atomic E-state index is 9.27. The zero-order valence-corrected chi connectivity index (χ0v) is 14.3. The van der Waals surface area contributed by atoms with Crippen molar-refractivity contribution in [3.63, 3.8) is 0 Å². The first kappa shape index (κ1) is 14.9. The third-order valence-electron chi connectivity index (χ3n) is 4.31. The van der Waals surface area contributed by atoms with Crippen molar-refractivity contribution in [1.82, 2.24) is 9.97 Å². The Labute approximate surface area is 144 Å². The molecule has 0 atom stereocenters. The molecule has 0 aliphatic carbocycles. The molecule has 1 aromatic carbocycles. The van der Waals surface area contributed by atoms with Gasteiger partial charge in [-0.15, -0.1) is 11.3 Å². The average molecular weight is 335 g/mol. The predicted octanol–water partition coefficient (Wildman–Crippen LogP) is 3.20. The van der Waals surface area contributed by atoms with E-state index in [-0.39, 0.29) is 0 Å². The minimum atomic E-state index is 0.474. The van der Waals surface area contributed by atoms with E-state index in [1.54, 1.807) is 11.3 Å². The quantitative estimate of drug-likeness (QED) is 0.720. The second kappa shape index (κ2) is 6.10. The van der Waals surface area contributed by atoms with E-state index in [0.29, 0.717) is 5.69 Å². The monoisotopic (exact) mass is 335 g/mol. The number of para-hydroxylation sites is 1. The van der Waals surface area contributed by atoms with Crippen LogP contribution >= 0.6 is 11.3 Å². The standard InChI is InChI=1S/C18H17N5S/c1-13-12-24-18(20-13)23-8-6-22(7-9-23)17-10-14(11-19)21-16-5-3-2-4-15(16)17/h2-5,10,12H,6-9H2,1H3. The molecule has 1 aliphatic heterocycles. The lowest BCUT2D eigenvalue weighted by atomic mass is 10.1. The summed E-state index contributed by atoms with van der Waals surface area (Å²) in [6.07, 6.45) is 0. The van der Waals surface area contributed by atoms with Crippen LogP contribution < -0.4 is 9.80 Å². The van der Waals surface area contributed by atoms with Gasteiger partial charge in [0.2, 0.25) is 0 Å². The third kappa shape index (κ3) is 2.68. The summed E-state index contributed by atoms with van der Waals surface area (Å²) in [4.78, 5) is 13.7. The van der Waals surface area contributed by atoms with Crippen LogP contribution in [0, 0.1) is 18.3 Å². The fraction of sp³-hybridized carbons (Fsp3) is 0.278. The van der Waals surface area contributed by atoms with E-state index in [2.05, 4.69) is 37.3 Å². The minimum absolute atomic E-state index is 0.474. The summed E-state index contributed by atoms with van der Waals surface area (Å²) in [6, 6.07) is 12.1. The lowest BCUT2D eigenvalue weighted by molar-refractivity contribution is 0.653. The zero-order valence-electron chi connectivity index (χ0n) is 13.4. The molecule has 3 heterocycles. The molecule has 2 aromatic heterocycles. The molecule has 0 spiro atoms. The van der Waals surface area contributed by atoms with Gasteiger partial charge in [0.05, 0.1) is 11.2 Å². The number of anilines is 2. The normalized spacial score (nSPS) is 14.8. The van der Waals surface area contributed by atoms with E-state index in [0.717, 1.165) is 53.6 Å². The Morgan fingerprint density at radius 3 is 2.54 bits per heavy atom. The Kier molecular flexibility index (Phi) is 3.79. The smallest absolute Gasteiger partial charge is 0.185 e. The topological polar surface area (TPSA) is 56.0 Å². The fourth-order valence-electron chi connectivity index (χ4n) is 3.10. The number of aromatic nitrogens is 2. The molecule has 120 valence electrons. The lowest BCUT2D eigenvalue weighted by Crippen LogP contribution is -2.46. The van der Waals surface area contributed by atoms with Crippen LogP contribution in [0.2, 0.25) is 0 Å². The van der Waals surface area contributed by atoms with Crippen LogP contribution in [-0.4, -0.2) is 36.1 Å². The minimum Gasteiger partial charge on any atom is -0.367 e. The Hall–Kier alpha value is -2.65. The largest absolute Gasteiger partial charge is 0.367 e. The van der Waals surface area contributed by atoms with Gasteiger partial charge in [0.15, 0.2) is 5.13 Å². The number of fused-ring (bicyclic) bond motifs is 1. The van der Waals surface area contributed by atoms with Crippen molar-refractivity contribution in [3.05, 3.63) is 47.1 Å². The fourth-order valence-corrected chi connectivity index (χ4v) is 3.96. The van der Waals surface area contributed by atoms with Crippen molar-refractivity contribution < 1.29 is 0 Å². The number of rotatable bonds is 2. The van der Waals surface area contributed by atoms with Gasteiger partial charge < -0.3 is 9.80 Å². The number of thiazole rings is 1. The van der Waals surface area contributed by atoms with Crippen LogP contribution in [0.4, 0.5) is 10.8 Å². The number of hydrogen-bond acceptors (Lipinski definition) is 6. The number of aryl methyl sites for hydroxylation is 1. The van der Waals surface area contributed by atoms with Crippen molar-refractivity contribution in [2.45, 2.75) is 6.92 Å². The molecule has 0 bridgehead atoms. The van der Waals surface area contributed by atoms with Crippen molar-refractivity contribution >= 4 is 33.1 Å². The average Bonchev–Trinajstić information content (AvgIpc) is 3.07. The van der Waals surface area contributed by atoms with E-state index < -0.39 is 0 Å². The van der Waals surface area contributed by atoms with E-state index >= 15 is 0 Å². The van der Waals surface area contributed by atoms with Crippen LogP contribution in [0.5, 0.6) is 0 Å². The number of benzene rings is 1. The Balaban J connectivity index is 1.61. The Morgan fingerprint density at radius 1 is 1.08 bits per heavy atom. The number of piperazine rings is 1.